The van der Waals surface area contributed by atoms with Crippen LogP contribution in [0, 0.1) is 0 Å². The highest BCUT2D eigenvalue weighted by molar-refractivity contribution is 5.70. The van der Waals surface area contributed by atoms with Gasteiger partial charge in [-0.25, -0.2) is 4.98 Å². The standard InChI is InChI=1S/C13H20N2O3/c1-4-17-12(16)7-9-14-11-6-5-8-15-13(11)18-10(2)3/h5-6,8,10,14H,4,7,9H2,1-3H3. The first-order chi connectivity index (χ1) is 8.63. The van der Waals surface area contributed by atoms with E-state index in [2.05, 4.69) is 10.3 Å². The highest BCUT2D eigenvalue weighted by Gasteiger charge is 2.07. The average Bonchev–Trinajstić information content (AvgIpc) is 2.31. The fourth-order valence-corrected chi connectivity index (χ4v) is 1.37. The first kappa shape index (κ1) is 14.3. The lowest BCUT2D eigenvalue weighted by Crippen LogP contribution is -2.13. The number of hydrogen-bond acceptors (Lipinski definition) is 5. The van der Waals surface area contributed by atoms with Gasteiger partial charge in [0.15, 0.2) is 0 Å². The summed E-state index contributed by atoms with van der Waals surface area (Å²) in [7, 11) is 0. The zero-order valence-corrected chi connectivity index (χ0v) is 11.1. The fraction of sp³-hybridized carbons (Fsp3) is 0.538. The third-order valence-electron chi connectivity index (χ3n) is 2.07. The van der Waals surface area contributed by atoms with E-state index < -0.39 is 0 Å². The molecule has 0 spiro atoms. The summed E-state index contributed by atoms with van der Waals surface area (Å²) >= 11 is 0. The molecule has 0 saturated heterocycles. The fourth-order valence-electron chi connectivity index (χ4n) is 1.37. The zero-order valence-electron chi connectivity index (χ0n) is 11.1. The third-order valence-corrected chi connectivity index (χ3v) is 2.07. The van der Waals surface area contributed by atoms with Gasteiger partial charge in [0.1, 0.15) is 0 Å². The first-order valence-electron chi connectivity index (χ1n) is 6.14. The SMILES string of the molecule is CCOC(=O)CCNc1cccnc1OC(C)C. The van der Waals surface area contributed by atoms with Crippen molar-refractivity contribution in [2.75, 3.05) is 18.5 Å². The van der Waals surface area contributed by atoms with Gasteiger partial charge in [0, 0.05) is 12.7 Å². The smallest absolute Gasteiger partial charge is 0.307 e. The number of hydrogen-bond donors (Lipinski definition) is 1. The number of aromatic nitrogens is 1. The molecule has 0 aliphatic heterocycles. The summed E-state index contributed by atoms with van der Waals surface area (Å²) < 4.78 is 10.4. The van der Waals surface area contributed by atoms with Gasteiger partial charge < -0.3 is 14.8 Å². The molecule has 0 bridgehead atoms. The number of carbonyl (C=O) groups is 1. The van der Waals surface area contributed by atoms with Crippen molar-refractivity contribution in [2.45, 2.75) is 33.3 Å². The molecule has 1 aromatic heterocycles. The number of carbonyl (C=O) groups excluding carboxylic acids is 1. The van der Waals surface area contributed by atoms with E-state index in [0.29, 0.717) is 25.5 Å². The lowest BCUT2D eigenvalue weighted by Gasteiger charge is -2.13. The third kappa shape index (κ3) is 5.03. The highest BCUT2D eigenvalue weighted by atomic mass is 16.5. The summed E-state index contributed by atoms with van der Waals surface area (Å²) in [6.07, 6.45) is 2.06. The molecule has 0 radical (unpaired) electrons. The van der Waals surface area contributed by atoms with Crippen LogP contribution in [0.1, 0.15) is 27.2 Å². The Hall–Kier alpha value is -1.78. The van der Waals surface area contributed by atoms with E-state index in [4.69, 9.17) is 9.47 Å². The summed E-state index contributed by atoms with van der Waals surface area (Å²) in [5.41, 5.74) is 0.787. The summed E-state index contributed by atoms with van der Waals surface area (Å²) in [6.45, 7) is 6.58. The van der Waals surface area contributed by atoms with Crippen LogP contribution in [-0.4, -0.2) is 30.2 Å². The van der Waals surface area contributed by atoms with Crippen molar-refractivity contribution in [1.29, 1.82) is 0 Å². The van der Waals surface area contributed by atoms with Crippen LogP contribution < -0.4 is 10.1 Å². The number of ether oxygens (including phenoxy) is 2. The molecule has 0 atom stereocenters. The summed E-state index contributed by atoms with van der Waals surface area (Å²) in [4.78, 5) is 15.3. The van der Waals surface area contributed by atoms with Crippen molar-refractivity contribution in [3.8, 4) is 5.88 Å². The molecule has 5 nitrogen and oxygen atoms in total. The molecular weight excluding hydrogens is 232 g/mol. The van der Waals surface area contributed by atoms with Crippen molar-refractivity contribution in [1.82, 2.24) is 4.98 Å². The molecule has 0 aliphatic carbocycles. The molecule has 0 unspecified atom stereocenters. The van der Waals surface area contributed by atoms with Gasteiger partial charge in [-0.3, -0.25) is 4.79 Å². The lowest BCUT2D eigenvalue weighted by atomic mass is 10.3. The molecule has 1 N–H and O–H groups in total. The van der Waals surface area contributed by atoms with E-state index in [1.165, 1.54) is 0 Å². The second kappa shape index (κ2) is 7.53. The van der Waals surface area contributed by atoms with Gasteiger partial charge in [-0.2, -0.15) is 0 Å². The molecule has 0 fully saturated rings. The monoisotopic (exact) mass is 252 g/mol. The largest absolute Gasteiger partial charge is 0.473 e. The predicted octanol–water partition coefficient (Wildman–Crippen LogP) is 2.23. The number of nitrogens with zero attached hydrogens (tertiary/aromatic N) is 1. The van der Waals surface area contributed by atoms with Crippen molar-refractivity contribution in [2.24, 2.45) is 0 Å². The van der Waals surface area contributed by atoms with Gasteiger partial charge in [0.05, 0.1) is 24.8 Å². The van der Waals surface area contributed by atoms with Crippen molar-refractivity contribution < 1.29 is 14.3 Å². The normalized spacial score (nSPS) is 10.2. The lowest BCUT2D eigenvalue weighted by molar-refractivity contribution is -0.142. The minimum absolute atomic E-state index is 0.0607. The van der Waals surface area contributed by atoms with E-state index in [-0.39, 0.29) is 12.1 Å². The van der Waals surface area contributed by atoms with E-state index in [0.717, 1.165) is 5.69 Å². The van der Waals surface area contributed by atoms with Crippen molar-refractivity contribution in [3.05, 3.63) is 18.3 Å². The van der Waals surface area contributed by atoms with Crippen LogP contribution in [0.15, 0.2) is 18.3 Å². The Morgan fingerprint density at radius 3 is 2.94 bits per heavy atom. The van der Waals surface area contributed by atoms with Gasteiger partial charge in [-0.05, 0) is 32.9 Å². The van der Waals surface area contributed by atoms with Gasteiger partial charge in [0.25, 0.3) is 0 Å². The maximum atomic E-state index is 11.2. The Labute approximate surface area is 108 Å². The molecule has 1 aromatic rings. The number of nitrogens with one attached hydrogen (secondary N) is 1. The number of esters is 1. The zero-order chi connectivity index (χ0) is 13.4. The molecule has 0 amide bonds. The van der Waals surface area contributed by atoms with Gasteiger partial charge >= 0.3 is 5.97 Å². The second-order valence-electron chi connectivity index (χ2n) is 4.00. The van der Waals surface area contributed by atoms with Crippen molar-refractivity contribution >= 4 is 11.7 Å². The second-order valence-corrected chi connectivity index (χ2v) is 4.00. The minimum atomic E-state index is -0.208. The van der Waals surface area contributed by atoms with Crippen LogP contribution in [0.5, 0.6) is 5.88 Å². The van der Waals surface area contributed by atoms with Crippen LogP contribution in [0.4, 0.5) is 5.69 Å². The van der Waals surface area contributed by atoms with E-state index in [1.54, 1.807) is 13.1 Å². The Balaban J connectivity index is 2.48. The number of rotatable bonds is 7. The van der Waals surface area contributed by atoms with Gasteiger partial charge in [-0.1, -0.05) is 0 Å². The van der Waals surface area contributed by atoms with Crippen LogP contribution in [0.3, 0.4) is 0 Å². The van der Waals surface area contributed by atoms with Gasteiger partial charge in [-0.15, -0.1) is 0 Å². The molecular formula is C13H20N2O3. The molecule has 5 heteroatoms. The first-order valence-corrected chi connectivity index (χ1v) is 6.14. The Kier molecular flexibility index (Phi) is 5.97. The number of pyridine rings is 1. The molecule has 0 aromatic carbocycles. The van der Waals surface area contributed by atoms with E-state index >= 15 is 0 Å². The molecule has 1 rings (SSSR count). The average molecular weight is 252 g/mol. The van der Waals surface area contributed by atoms with Crippen LogP contribution in [0.2, 0.25) is 0 Å². The molecule has 0 saturated carbocycles. The maximum Gasteiger partial charge on any atom is 0.307 e. The Morgan fingerprint density at radius 2 is 2.28 bits per heavy atom. The summed E-state index contributed by atoms with van der Waals surface area (Å²) in [6, 6.07) is 3.69. The van der Waals surface area contributed by atoms with E-state index in [1.807, 2.05) is 26.0 Å². The highest BCUT2D eigenvalue weighted by Crippen LogP contribution is 2.21. The molecule has 1 heterocycles. The maximum absolute atomic E-state index is 11.2. The van der Waals surface area contributed by atoms with Crippen LogP contribution >= 0.6 is 0 Å². The summed E-state index contributed by atoms with van der Waals surface area (Å²) in [5.74, 6) is 0.344. The quantitative estimate of drug-likeness (QED) is 0.754. The topological polar surface area (TPSA) is 60.5 Å². The Morgan fingerprint density at radius 1 is 1.50 bits per heavy atom. The summed E-state index contributed by atoms with van der Waals surface area (Å²) in [5, 5.41) is 3.12. The minimum Gasteiger partial charge on any atom is -0.473 e. The molecule has 18 heavy (non-hydrogen) atoms. The van der Waals surface area contributed by atoms with Crippen LogP contribution in [0.25, 0.3) is 0 Å². The number of anilines is 1. The molecule has 0 aliphatic rings. The van der Waals surface area contributed by atoms with Crippen molar-refractivity contribution in [3.63, 3.8) is 0 Å². The van der Waals surface area contributed by atoms with Crippen LogP contribution in [-0.2, 0) is 9.53 Å². The molecule has 100 valence electrons. The van der Waals surface area contributed by atoms with E-state index in [9.17, 15) is 4.79 Å². The predicted molar refractivity (Wildman–Crippen MR) is 69.7 cm³/mol. The van der Waals surface area contributed by atoms with Gasteiger partial charge in [0.2, 0.25) is 5.88 Å². The Bertz CT molecular complexity index is 380.